The van der Waals surface area contributed by atoms with Crippen molar-refractivity contribution in [2.24, 2.45) is 0 Å². The van der Waals surface area contributed by atoms with Gasteiger partial charge >= 0.3 is 0 Å². The number of rotatable bonds is 6. The zero-order chi connectivity index (χ0) is 17.0. The third-order valence-electron chi connectivity index (χ3n) is 3.44. The fraction of sp³-hybridized carbons (Fsp3) is 0.389. The molecule has 0 aliphatic carbocycles. The minimum absolute atomic E-state index is 0.121. The van der Waals surface area contributed by atoms with Gasteiger partial charge in [0.15, 0.2) is 11.0 Å². The second-order valence-corrected chi connectivity index (χ2v) is 7.47. The smallest absolute Gasteiger partial charge is 0.192 e. The fourth-order valence-corrected chi connectivity index (χ4v) is 2.94. The Kier molecular flexibility index (Phi) is 5.42. The van der Waals surface area contributed by atoms with Gasteiger partial charge in [0.1, 0.15) is 5.78 Å². The maximum Gasteiger partial charge on any atom is 0.192 e. The van der Waals surface area contributed by atoms with Gasteiger partial charge in [-0.25, -0.2) is 0 Å². The lowest BCUT2D eigenvalue weighted by molar-refractivity contribution is -0.114. The van der Waals surface area contributed by atoms with E-state index in [1.807, 2.05) is 10.6 Å². The lowest BCUT2D eigenvalue weighted by atomic mass is 9.87. The Bertz CT molecular complexity index is 696. The lowest BCUT2D eigenvalue weighted by Gasteiger charge is -2.19. The third-order valence-corrected chi connectivity index (χ3v) is 4.55. The zero-order valence-corrected chi connectivity index (χ0v) is 15.0. The van der Waals surface area contributed by atoms with Crippen LogP contribution in [0.3, 0.4) is 0 Å². The highest BCUT2D eigenvalue weighted by Gasteiger charge is 2.16. The zero-order valence-electron chi connectivity index (χ0n) is 14.2. The van der Waals surface area contributed by atoms with Gasteiger partial charge in [-0.2, -0.15) is 0 Å². The molecule has 0 radical (unpaired) electrons. The molecule has 0 bridgehead atoms. The van der Waals surface area contributed by atoms with E-state index in [9.17, 15) is 4.79 Å². The number of thioether (sulfide) groups is 1. The molecule has 0 aliphatic rings. The van der Waals surface area contributed by atoms with E-state index >= 15 is 0 Å². The molecule has 4 nitrogen and oxygen atoms in total. The van der Waals surface area contributed by atoms with Gasteiger partial charge in [-0.1, -0.05) is 62.9 Å². The summed E-state index contributed by atoms with van der Waals surface area (Å²) in [6.07, 6.45) is 1.81. The largest absolute Gasteiger partial charge is 0.299 e. The van der Waals surface area contributed by atoms with Crippen molar-refractivity contribution >= 4 is 17.5 Å². The molecule has 0 unspecified atom stereocenters. The number of hydrogen-bond donors (Lipinski definition) is 0. The molecule has 0 saturated heterocycles. The van der Waals surface area contributed by atoms with Crippen molar-refractivity contribution in [2.45, 2.75) is 44.8 Å². The highest BCUT2D eigenvalue weighted by Crippen LogP contribution is 2.27. The number of hydrogen-bond acceptors (Lipinski definition) is 4. The van der Waals surface area contributed by atoms with Crippen LogP contribution in [0.15, 0.2) is 42.1 Å². The van der Waals surface area contributed by atoms with E-state index in [1.165, 1.54) is 17.3 Å². The molecular formula is C18H23N3OS. The molecule has 0 aliphatic heterocycles. The first-order valence-corrected chi connectivity index (χ1v) is 8.58. The van der Waals surface area contributed by atoms with Crippen molar-refractivity contribution < 1.29 is 4.79 Å². The van der Waals surface area contributed by atoms with E-state index in [2.05, 4.69) is 61.8 Å². The molecule has 122 valence electrons. The third kappa shape index (κ3) is 4.32. The van der Waals surface area contributed by atoms with Crippen LogP contribution in [0.25, 0.3) is 11.4 Å². The van der Waals surface area contributed by atoms with E-state index in [4.69, 9.17) is 0 Å². The van der Waals surface area contributed by atoms with E-state index in [0.29, 0.717) is 12.3 Å². The number of benzene rings is 1. The number of allylic oxidation sites excluding steroid dienone is 1. The summed E-state index contributed by atoms with van der Waals surface area (Å²) in [5.74, 6) is 1.33. The number of ketones is 1. The summed E-state index contributed by atoms with van der Waals surface area (Å²) in [4.78, 5) is 11.2. The monoisotopic (exact) mass is 329 g/mol. The molecule has 0 atom stereocenters. The molecular weight excluding hydrogens is 306 g/mol. The van der Waals surface area contributed by atoms with Crippen LogP contribution in [0.5, 0.6) is 0 Å². The van der Waals surface area contributed by atoms with Crippen LogP contribution in [-0.4, -0.2) is 26.3 Å². The standard InChI is InChI=1S/C18H23N3OS/c1-6-11-21-16(19-20-17(21)23-12-13(2)22)14-7-9-15(10-8-14)18(3,4)5/h6-10H,1,11-12H2,2-5H3. The second kappa shape index (κ2) is 7.13. The summed E-state index contributed by atoms with van der Waals surface area (Å²) in [7, 11) is 0. The van der Waals surface area contributed by atoms with Gasteiger partial charge in [-0.3, -0.25) is 9.36 Å². The van der Waals surface area contributed by atoms with Crippen molar-refractivity contribution in [3.05, 3.63) is 42.5 Å². The summed E-state index contributed by atoms with van der Waals surface area (Å²) in [5.41, 5.74) is 2.42. The highest BCUT2D eigenvalue weighted by atomic mass is 32.2. The summed E-state index contributed by atoms with van der Waals surface area (Å²) in [6, 6.07) is 8.41. The summed E-state index contributed by atoms with van der Waals surface area (Å²) < 4.78 is 1.99. The number of carbonyl (C=O) groups excluding carboxylic acids is 1. The topological polar surface area (TPSA) is 47.8 Å². The predicted molar refractivity (Wildman–Crippen MR) is 95.8 cm³/mol. The van der Waals surface area contributed by atoms with Crippen LogP contribution >= 0.6 is 11.8 Å². The maximum atomic E-state index is 11.2. The average Bonchev–Trinajstić information content (AvgIpc) is 2.88. The van der Waals surface area contributed by atoms with Crippen LogP contribution in [0.2, 0.25) is 0 Å². The van der Waals surface area contributed by atoms with Gasteiger partial charge < -0.3 is 0 Å². The van der Waals surface area contributed by atoms with E-state index in [-0.39, 0.29) is 11.2 Å². The Morgan fingerprint density at radius 3 is 2.43 bits per heavy atom. The van der Waals surface area contributed by atoms with Crippen LogP contribution < -0.4 is 0 Å². The van der Waals surface area contributed by atoms with Crippen LogP contribution in [0, 0.1) is 0 Å². The van der Waals surface area contributed by atoms with Crippen molar-refractivity contribution in [2.75, 3.05) is 5.75 Å². The molecule has 2 rings (SSSR count). The SMILES string of the molecule is C=CCn1c(SCC(C)=O)nnc1-c1ccc(C(C)(C)C)cc1. The molecule has 0 saturated carbocycles. The van der Waals surface area contributed by atoms with Crippen molar-refractivity contribution in [3.63, 3.8) is 0 Å². The first kappa shape index (κ1) is 17.5. The molecule has 0 amide bonds. The normalized spacial score (nSPS) is 11.5. The molecule has 2 aromatic rings. The quantitative estimate of drug-likeness (QED) is 0.591. The Morgan fingerprint density at radius 1 is 1.26 bits per heavy atom. The highest BCUT2D eigenvalue weighted by molar-refractivity contribution is 7.99. The Morgan fingerprint density at radius 2 is 1.91 bits per heavy atom. The fourth-order valence-electron chi connectivity index (χ4n) is 2.19. The van der Waals surface area contributed by atoms with Gasteiger partial charge in [0.25, 0.3) is 0 Å². The van der Waals surface area contributed by atoms with Crippen LogP contribution in [-0.2, 0) is 16.8 Å². The number of Topliss-reactive ketones (excluding diaryl/α,β-unsaturated/α-hetero) is 1. The van der Waals surface area contributed by atoms with Crippen molar-refractivity contribution in [3.8, 4) is 11.4 Å². The van der Waals surface area contributed by atoms with Crippen molar-refractivity contribution in [1.29, 1.82) is 0 Å². The van der Waals surface area contributed by atoms with Crippen LogP contribution in [0.1, 0.15) is 33.3 Å². The molecule has 0 N–H and O–H groups in total. The molecule has 1 heterocycles. The number of nitrogens with zero attached hydrogens (tertiary/aromatic N) is 3. The molecule has 1 aromatic carbocycles. The Balaban J connectivity index is 2.35. The summed E-state index contributed by atoms with van der Waals surface area (Å²) >= 11 is 1.41. The molecule has 23 heavy (non-hydrogen) atoms. The van der Waals surface area contributed by atoms with E-state index < -0.39 is 0 Å². The predicted octanol–water partition coefficient (Wildman–Crippen LogP) is 4.11. The van der Waals surface area contributed by atoms with E-state index in [1.54, 1.807) is 6.92 Å². The lowest BCUT2D eigenvalue weighted by Crippen LogP contribution is -2.10. The first-order valence-electron chi connectivity index (χ1n) is 7.60. The molecule has 5 heteroatoms. The maximum absolute atomic E-state index is 11.2. The van der Waals surface area contributed by atoms with Gasteiger partial charge in [0.2, 0.25) is 0 Å². The van der Waals surface area contributed by atoms with Crippen molar-refractivity contribution in [1.82, 2.24) is 14.8 Å². The van der Waals surface area contributed by atoms with Crippen LogP contribution in [0.4, 0.5) is 0 Å². The first-order chi connectivity index (χ1) is 10.8. The van der Waals surface area contributed by atoms with E-state index in [0.717, 1.165) is 16.5 Å². The molecule has 0 spiro atoms. The number of aromatic nitrogens is 3. The summed E-state index contributed by atoms with van der Waals surface area (Å²) in [6.45, 7) is 12.6. The Labute approximate surface area is 142 Å². The number of carbonyl (C=O) groups is 1. The second-order valence-electron chi connectivity index (χ2n) is 6.52. The molecule has 1 aromatic heterocycles. The van der Waals surface area contributed by atoms with Gasteiger partial charge in [-0.05, 0) is 17.9 Å². The Hall–Kier alpha value is -1.88. The van der Waals surface area contributed by atoms with Gasteiger partial charge in [0.05, 0.1) is 5.75 Å². The van der Waals surface area contributed by atoms with Gasteiger partial charge in [0, 0.05) is 12.1 Å². The summed E-state index contributed by atoms with van der Waals surface area (Å²) in [5, 5.41) is 9.28. The molecule has 0 fully saturated rings. The van der Waals surface area contributed by atoms with Gasteiger partial charge in [-0.15, -0.1) is 16.8 Å². The average molecular weight is 329 g/mol. The minimum Gasteiger partial charge on any atom is -0.299 e. The minimum atomic E-state index is 0.121.